The number of hydrogen-bond acceptors (Lipinski definition) is 5. The van der Waals surface area contributed by atoms with Gasteiger partial charge in [-0.3, -0.25) is 8.97 Å². The van der Waals surface area contributed by atoms with Gasteiger partial charge in [0.1, 0.15) is 5.69 Å². The van der Waals surface area contributed by atoms with Crippen molar-refractivity contribution < 1.29 is 19.1 Å². The van der Waals surface area contributed by atoms with Gasteiger partial charge in [0.15, 0.2) is 0 Å². The Morgan fingerprint density at radius 1 is 0.970 bits per heavy atom. The maximum atomic E-state index is 13.9. The van der Waals surface area contributed by atoms with Crippen LogP contribution in [-0.4, -0.2) is 33.6 Å². The molecule has 0 saturated heterocycles. The van der Waals surface area contributed by atoms with Crippen LogP contribution in [0.2, 0.25) is 0 Å². The lowest BCUT2D eigenvalue weighted by Crippen LogP contribution is -2.30. The molecule has 0 spiro atoms. The van der Waals surface area contributed by atoms with E-state index >= 15 is 0 Å². The van der Waals surface area contributed by atoms with Gasteiger partial charge in [-0.1, -0.05) is 48.5 Å². The summed E-state index contributed by atoms with van der Waals surface area (Å²) in [5.41, 5.74) is 2.12. The van der Waals surface area contributed by atoms with Crippen LogP contribution in [0.1, 0.15) is 52.7 Å². The number of carbonyl (C=O) groups excluding carboxylic acids is 2. The zero-order valence-corrected chi connectivity index (χ0v) is 19.1. The van der Waals surface area contributed by atoms with E-state index in [0.29, 0.717) is 28.5 Å². The van der Waals surface area contributed by atoms with E-state index in [2.05, 4.69) is 0 Å². The summed E-state index contributed by atoms with van der Waals surface area (Å²) in [6, 6.07) is 16.9. The highest BCUT2D eigenvalue weighted by Gasteiger charge is 2.30. The van der Waals surface area contributed by atoms with Crippen LogP contribution in [0.3, 0.4) is 0 Å². The average Bonchev–Trinajstić information content (AvgIpc) is 3.10. The number of rotatable bonds is 6. The minimum atomic E-state index is -0.660. The lowest BCUT2D eigenvalue weighted by atomic mass is 10.1. The van der Waals surface area contributed by atoms with E-state index in [1.165, 1.54) is 4.40 Å². The van der Waals surface area contributed by atoms with Crippen LogP contribution >= 0.6 is 0 Å². The monoisotopic (exact) mass is 446 g/mol. The molecule has 0 amide bonds. The van der Waals surface area contributed by atoms with Gasteiger partial charge in [0.05, 0.1) is 35.9 Å². The molecule has 0 aliphatic rings. The average molecular weight is 447 g/mol. The molecule has 2 aromatic carbocycles. The first-order valence-corrected chi connectivity index (χ1v) is 10.9. The Hall–Kier alpha value is -3.87. The summed E-state index contributed by atoms with van der Waals surface area (Å²) >= 11 is 0. The predicted molar refractivity (Wildman–Crippen MR) is 126 cm³/mol. The third-order valence-electron chi connectivity index (χ3n) is 5.49. The van der Waals surface area contributed by atoms with E-state index < -0.39 is 17.6 Å². The Bertz CT molecular complexity index is 1410. The predicted octanol–water partition coefficient (Wildman–Crippen LogP) is 4.35. The lowest BCUT2D eigenvalue weighted by Gasteiger charge is -2.14. The Morgan fingerprint density at radius 3 is 2.30 bits per heavy atom. The van der Waals surface area contributed by atoms with Gasteiger partial charge in [0.2, 0.25) is 0 Å². The van der Waals surface area contributed by atoms with Crippen molar-refractivity contribution in [2.45, 2.75) is 40.3 Å². The van der Waals surface area contributed by atoms with Crippen LogP contribution in [0.5, 0.6) is 0 Å². The zero-order valence-electron chi connectivity index (χ0n) is 19.1. The fourth-order valence-corrected chi connectivity index (χ4v) is 4.15. The Balaban J connectivity index is 2.14. The molecule has 2 aromatic heterocycles. The van der Waals surface area contributed by atoms with Gasteiger partial charge >= 0.3 is 17.6 Å². The maximum absolute atomic E-state index is 13.9. The van der Waals surface area contributed by atoms with Crippen LogP contribution in [-0.2, 0) is 16.0 Å². The number of hydrogen-bond donors (Lipinski definition) is 0. The molecule has 0 radical (unpaired) electrons. The standard InChI is InChI=1S/C26H26N2O5/c1-5-32-24(29)21-17(4)22(25(30)33-16(2)3)28-23(21)19-13-9-10-14-20(19)27(26(28)31)15-18-11-7-6-8-12-18/h6-14,16H,5,15H2,1-4H3. The van der Waals surface area contributed by atoms with Gasteiger partial charge in [-0.2, -0.15) is 0 Å². The molecule has 0 fully saturated rings. The minimum Gasteiger partial charge on any atom is -0.462 e. The van der Waals surface area contributed by atoms with E-state index in [9.17, 15) is 14.4 Å². The number of aromatic nitrogens is 2. The quantitative estimate of drug-likeness (QED) is 0.412. The summed E-state index contributed by atoms with van der Waals surface area (Å²) in [5.74, 6) is -1.24. The second kappa shape index (κ2) is 8.94. The van der Waals surface area contributed by atoms with Gasteiger partial charge < -0.3 is 9.47 Å². The highest BCUT2D eigenvalue weighted by atomic mass is 16.5. The van der Waals surface area contributed by atoms with Crippen molar-refractivity contribution >= 4 is 28.4 Å². The largest absolute Gasteiger partial charge is 0.462 e. The first-order chi connectivity index (χ1) is 15.8. The molecule has 7 nitrogen and oxygen atoms in total. The summed E-state index contributed by atoms with van der Waals surface area (Å²) in [7, 11) is 0. The molecule has 0 atom stereocenters. The van der Waals surface area contributed by atoms with Crippen molar-refractivity contribution in [3.05, 3.63) is 87.5 Å². The van der Waals surface area contributed by atoms with Crippen LogP contribution < -0.4 is 5.69 Å². The Kier molecular flexibility index (Phi) is 6.05. The Labute approximate surface area is 191 Å². The van der Waals surface area contributed by atoms with Crippen molar-refractivity contribution in [3.8, 4) is 0 Å². The molecule has 2 heterocycles. The molecule has 0 aliphatic heterocycles. The molecule has 170 valence electrons. The second-order valence-corrected chi connectivity index (χ2v) is 8.08. The number of fused-ring (bicyclic) bond motifs is 3. The Morgan fingerprint density at radius 2 is 1.64 bits per heavy atom. The maximum Gasteiger partial charge on any atom is 0.356 e. The van der Waals surface area contributed by atoms with Crippen molar-refractivity contribution in [3.63, 3.8) is 0 Å². The van der Waals surface area contributed by atoms with Crippen molar-refractivity contribution in [2.75, 3.05) is 6.61 Å². The summed E-state index contributed by atoms with van der Waals surface area (Å²) in [6.45, 7) is 7.30. The number of ether oxygens (including phenoxy) is 2. The third kappa shape index (κ3) is 3.91. The summed E-state index contributed by atoms with van der Waals surface area (Å²) in [5, 5.41) is 0.669. The topological polar surface area (TPSA) is 79.0 Å². The van der Waals surface area contributed by atoms with E-state index in [-0.39, 0.29) is 24.0 Å². The molecule has 0 bridgehead atoms. The van der Waals surface area contributed by atoms with Crippen molar-refractivity contribution in [2.24, 2.45) is 0 Å². The fourth-order valence-electron chi connectivity index (χ4n) is 4.15. The summed E-state index contributed by atoms with van der Waals surface area (Å²) < 4.78 is 13.6. The third-order valence-corrected chi connectivity index (χ3v) is 5.49. The van der Waals surface area contributed by atoms with Gasteiger partial charge in [-0.05, 0) is 44.9 Å². The van der Waals surface area contributed by atoms with Gasteiger partial charge in [-0.15, -0.1) is 0 Å². The molecule has 0 N–H and O–H groups in total. The molecular weight excluding hydrogens is 420 g/mol. The molecule has 0 unspecified atom stereocenters. The number of benzene rings is 2. The smallest absolute Gasteiger partial charge is 0.356 e. The van der Waals surface area contributed by atoms with E-state index in [4.69, 9.17) is 9.47 Å². The second-order valence-electron chi connectivity index (χ2n) is 8.08. The van der Waals surface area contributed by atoms with Crippen LogP contribution in [0.25, 0.3) is 16.4 Å². The number of esters is 2. The molecule has 7 heteroatoms. The molecule has 4 aromatic rings. The van der Waals surface area contributed by atoms with Crippen LogP contribution in [0, 0.1) is 6.92 Å². The van der Waals surface area contributed by atoms with Crippen molar-refractivity contribution in [1.29, 1.82) is 0 Å². The number of carbonyl (C=O) groups is 2. The molecule has 0 saturated carbocycles. The van der Waals surface area contributed by atoms with E-state index in [1.54, 1.807) is 32.3 Å². The number of para-hydroxylation sites is 1. The van der Waals surface area contributed by atoms with Gasteiger partial charge in [0, 0.05) is 5.39 Å². The SMILES string of the molecule is CCOC(=O)c1c(C)c(C(=O)OC(C)C)n2c(=O)n(Cc3ccccc3)c3ccccc3c12. The van der Waals surface area contributed by atoms with Crippen LogP contribution in [0.4, 0.5) is 0 Å². The summed E-state index contributed by atoms with van der Waals surface area (Å²) in [6.07, 6.45) is -0.388. The van der Waals surface area contributed by atoms with Gasteiger partial charge in [0.25, 0.3) is 0 Å². The molecule has 0 aliphatic carbocycles. The minimum absolute atomic E-state index is 0.0410. The number of nitrogens with zero attached hydrogens (tertiary/aromatic N) is 2. The fraction of sp³-hybridized carbons (Fsp3) is 0.269. The molecular formula is C26H26N2O5. The van der Waals surface area contributed by atoms with Crippen molar-refractivity contribution in [1.82, 2.24) is 8.97 Å². The van der Waals surface area contributed by atoms with E-state index in [0.717, 1.165) is 5.56 Å². The highest BCUT2D eigenvalue weighted by Crippen LogP contribution is 2.30. The first-order valence-electron chi connectivity index (χ1n) is 10.9. The highest BCUT2D eigenvalue weighted by molar-refractivity contribution is 6.11. The summed E-state index contributed by atoms with van der Waals surface area (Å²) in [4.78, 5) is 39.9. The normalized spacial score (nSPS) is 11.3. The molecule has 4 rings (SSSR count). The van der Waals surface area contributed by atoms with Gasteiger partial charge in [-0.25, -0.2) is 14.4 Å². The van der Waals surface area contributed by atoms with E-state index in [1.807, 2.05) is 54.6 Å². The zero-order chi connectivity index (χ0) is 23.7. The van der Waals surface area contributed by atoms with Crippen LogP contribution in [0.15, 0.2) is 59.4 Å². The first kappa shape index (κ1) is 22.3. The molecule has 33 heavy (non-hydrogen) atoms. The lowest BCUT2D eigenvalue weighted by molar-refractivity contribution is 0.0368.